The average molecular weight is 298 g/mol. The molecule has 0 amide bonds. The molecule has 116 valence electrons. The number of hydrogen-bond donors (Lipinski definition) is 2. The van der Waals surface area contributed by atoms with Gasteiger partial charge in [-0.3, -0.25) is 14.3 Å². The van der Waals surface area contributed by atoms with E-state index in [2.05, 4.69) is 4.98 Å². The van der Waals surface area contributed by atoms with E-state index in [9.17, 15) is 14.7 Å². The fourth-order valence-corrected chi connectivity index (χ4v) is 2.90. The topological polar surface area (TPSA) is 103 Å². The van der Waals surface area contributed by atoms with Gasteiger partial charge in [0.15, 0.2) is 11.8 Å². The third kappa shape index (κ3) is 2.06. The van der Waals surface area contributed by atoms with E-state index in [0.717, 1.165) is 0 Å². The first kappa shape index (κ1) is 14.5. The van der Waals surface area contributed by atoms with Crippen molar-refractivity contribution in [3.05, 3.63) is 33.1 Å². The Kier molecular flexibility index (Phi) is 3.28. The van der Waals surface area contributed by atoms with Gasteiger partial charge in [-0.15, -0.1) is 0 Å². The summed E-state index contributed by atoms with van der Waals surface area (Å²) in [5.41, 5.74) is -2.38. The van der Waals surface area contributed by atoms with E-state index in [1.54, 1.807) is 0 Å². The van der Waals surface area contributed by atoms with Crippen molar-refractivity contribution in [1.82, 2.24) is 9.55 Å². The van der Waals surface area contributed by atoms with Crippen LogP contribution in [0.4, 0.5) is 0 Å². The van der Waals surface area contributed by atoms with Crippen LogP contribution in [0.2, 0.25) is 0 Å². The van der Waals surface area contributed by atoms with Crippen LogP contribution in [0.15, 0.2) is 21.9 Å². The third-order valence-corrected chi connectivity index (χ3v) is 3.88. The number of nitrogens with zero attached hydrogens (tertiary/aromatic N) is 1. The van der Waals surface area contributed by atoms with Crippen molar-refractivity contribution >= 4 is 0 Å². The molecule has 0 bridgehead atoms. The van der Waals surface area contributed by atoms with Crippen molar-refractivity contribution in [3.8, 4) is 0 Å². The van der Waals surface area contributed by atoms with E-state index in [4.69, 9.17) is 14.2 Å². The molecule has 1 aromatic heterocycles. The minimum Gasteiger partial charge on any atom is -0.381 e. The molecular weight excluding hydrogens is 280 g/mol. The van der Waals surface area contributed by atoms with Crippen LogP contribution in [-0.2, 0) is 14.2 Å². The highest BCUT2D eigenvalue weighted by Gasteiger charge is 2.78. The molecule has 1 aromatic rings. The number of methoxy groups -OCH3 is 1. The fraction of sp³-hybridized carbons (Fsp3) is 0.692. The fourth-order valence-electron chi connectivity index (χ4n) is 2.90. The number of nitrogens with one attached hydrogen (secondary N) is 1. The summed E-state index contributed by atoms with van der Waals surface area (Å²) in [6.07, 6.45) is -1.31. The largest absolute Gasteiger partial charge is 0.381 e. The van der Waals surface area contributed by atoms with Gasteiger partial charge in [-0.05, 0) is 13.8 Å². The summed E-state index contributed by atoms with van der Waals surface area (Å²) in [4.78, 5) is 25.1. The van der Waals surface area contributed by atoms with Gasteiger partial charge in [0.05, 0.1) is 6.10 Å². The molecule has 0 aromatic carbocycles. The van der Waals surface area contributed by atoms with Gasteiger partial charge in [0, 0.05) is 19.4 Å². The van der Waals surface area contributed by atoms with E-state index in [1.165, 1.54) is 23.9 Å². The Hall–Kier alpha value is -1.48. The third-order valence-electron chi connectivity index (χ3n) is 3.88. The van der Waals surface area contributed by atoms with Crippen LogP contribution in [0.1, 0.15) is 20.1 Å². The molecule has 0 spiro atoms. The lowest BCUT2D eigenvalue weighted by Gasteiger charge is -2.27. The standard InChI is InChI=1S/C13H18N2O6/c1-6(2)20-8-9-13(8,18)10(19-3)11(21-9)15-5-4-7(16)14-12(15)17/h4-6,8-11,18H,1-3H3,(H,14,16,17)/t8?,9-,10+,11-,13-/m1/s1. The smallest absolute Gasteiger partial charge is 0.330 e. The number of H-pyrrole nitrogens is 1. The molecule has 8 heteroatoms. The molecule has 2 fully saturated rings. The normalized spacial score (nSPS) is 37.8. The number of aromatic amines is 1. The van der Waals surface area contributed by atoms with Crippen molar-refractivity contribution in [2.75, 3.05) is 7.11 Å². The molecule has 1 aliphatic heterocycles. The number of ether oxygens (including phenoxy) is 3. The van der Waals surface area contributed by atoms with Crippen molar-refractivity contribution in [3.63, 3.8) is 0 Å². The Morgan fingerprint density at radius 2 is 2.14 bits per heavy atom. The molecule has 1 aliphatic carbocycles. The maximum atomic E-state index is 11.8. The predicted octanol–water partition coefficient (Wildman–Crippen LogP) is -1.01. The van der Waals surface area contributed by atoms with Crippen molar-refractivity contribution in [2.24, 2.45) is 0 Å². The summed E-state index contributed by atoms with van der Waals surface area (Å²) in [6.45, 7) is 3.73. The molecule has 8 nitrogen and oxygen atoms in total. The minimum atomic E-state index is -1.28. The van der Waals surface area contributed by atoms with Gasteiger partial charge < -0.3 is 19.3 Å². The summed E-state index contributed by atoms with van der Waals surface area (Å²) in [7, 11) is 1.43. The number of aromatic nitrogens is 2. The molecule has 0 radical (unpaired) electrons. The molecule has 2 aliphatic rings. The quantitative estimate of drug-likeness (QED) is 0.738. The van der Waals surface area contributed by atoms with Crippen LogP contribution >= 0.6 is 0 Å². The maximum absolute atomic E-state index is 11.8. The predicted molar refractivity (Wildman–Crippen MR) is 71.0 cm³/mol. The summed E-state index contributed by atoms with van der Waals surface area (Å²) >= 11 is 0. The van der Waals surface area contributed by atoms with Crippen LogP contribution in [0.25, 0.3) is 0 Å². The lowest BCUT2D eigenvalue weighted by Crippen LogP contribution is -2.43. The van der Waals surface area contributed by atoms with Crippen LogP contribution in [0.5, 0.6) is 0 Å². The Bertz CT molecular complexity index is 653. The highest BCUT2D eigenvalue weighted by Crippen LogP contribution is 2.56. The number of fused-ring (bicyclic) bond motifs is 1. The van der Waals surface area contributed by atoms with Crippen LogP contribution in [0, 0.1) is 0 Å². The van der Waals surface area contributed by atoms with Gasteiger partial charge in [0.25, 0.3) is 5.56 Å². The molecule has 1 saturated carbocycles. The lowest BCUT2D eigenvalue weighted by molar-refractivity contribution is -0.132. The average Bonchev–Trinajstić information content (AvgIpc) is 2.80. The highest BCUT2D eigenvalue weighted by molar-refractivity contribution is 5.26. The highest BCUT2D eigenvalue weighted by atomic mass is 16.6. The monoisotopic (exact) mass is 298 g/mol. The molecule has 1 saturated heterocycles. The maximum Gasteiger partial charge on any atom is 0.330 e. The Morgan fingerprint density at radius 3 is 2.71 bits per heavy atom. The van der Waals surface area contributed by atoms with Gasteiger partial charge in [-0.1, -0.05) is 0 Å². The number of aliphatic hydroxyl groups is 1. The van der Waals surface area contributed by atoms with Crippen molar-refractivity contribution in [1.29, 1.82) is 0 Å². The van der Waals surface area contributed by atoms with E-state index in [-0.39, 0.29) is 6.10 Å². The van der Waals surface area contributed by atoms with Gasteiger partial charge in [0.2, 0.25) is 0 Å². The molecule has 5 atom stereocenters. The minimum absolute atomic E-state index is 0.0556. The number of rotatable bonds is 4. The second-order valence-electron chi connectivity index (χ2n) is 5.61. The molecule has 21 heavy (non-hydrogen) atoms. The van der Waals surface area contributed by atoms with Gasteiger partial charge in [-0.25, -0.2) is 4.79 Å². The Labute approximate surface area is 120 Å². The summed E-state index contributed by atoms with van der Waals surface area (Å²) in [5, 5.41) is 10.7. The first-order chi connectivity index (χ1) is 9.89. The first-order valence-corrected chi connectivity index (χ1v) is 6.77. The SMILES string of the molecule is CO[C@H]1[C@H](n2ccc(=O)[nH]c2=O)O[C@@H]2C(OC(C)C)[C@@]21O. The van der Waals surface area contributed by atoms with Crippen LogP contribution in [-0.4, -0.2) is 51.8 Å². The van der Waals surface area contributed by atoms with E-state index < -0.39 is 41.4 Å². The summed E-state index contributed by atoms with van der Waals surface area (Å²) in [5.74, 6) is 0. The Balaban J connectivity index is 1.88. The zero-order chi connectivity index (χ0) is 15.4. The molecule has 3 rings (SSSR count). The lowest BCUT2D eigenvalue weighted by atomic mass is 10.1. The van der Waals surface area contributed by atoms with Crippen molar-refractivity contribution < 1.29 is 19.3 Å². The van der Waals surface area contributed by atoms with Gasteiger partial charge >= 0.3 is 5.69 Å². The van der Waals surface area contributed by atoms with Crippen molar-refractivity contribution in [2.45, 2.75) is 50.1 Å². The van der Waals surface area contributed by atoms with E-state index in [0.29, 0.717) is 0 Å². The van der Waals surface area contributed by atoms with Gasteiger partial charge in [0.1, 0.15) is 18.3 Å². The second kappa shape index (κ2) is 4.77. The van der Waals surface area contributed by atoms with E-state index >= 15 is 0 Å². The molecule has 2 heterocycles. The summed E-state index contributed by atoms with van der Waals surface area (Å²) < 4.78 is 17.8. The van der Waals surface area contributed by atoms with Crippen LogP contribution < -0.4 is 11.2 Å². The van der Waals surface area contributed by atoms with Gasteiger partial charge in [-0.2, -0.15) is 0 Å². The summed E-state index contributed by atoms with van der Waals surface area (Å²) in [6, 6.07) is 1.22. The molecule has 2 N–H and O–H groups in total. The zero-order valence-electron chi connectivity index (χ0n) is 12.0. The second-order valence-corrected chi connectivity index (χ2v) is 5.61. The van der Waals surface area contributed by atoms with Crippen LogP contribution in [0.3, 0.4) is 0 Å². The van der Waals surface area contributed by atoms with E-state index in [1.807, 2.05) is 13.8 Å². The number of hydrogen-bond acceptors (Lipinski definition) is 6. The zero-order valence-corrected chi connectivity index (χ0v) is 12.0. The Morgan fingerprint density at radius 1 is 1.43 bits per heavy atom. The first-order valence-electron chi connectivity index (χ1n) is 6.77. The molecule has 1 unspecified atom stereocenters. The molecular formula is C13H18N2O6.